The lowest BCUT2D eigenvalue weighted by Crippen LogP contribution is -3.00. The van der Waals surface area contributed by atoms with Gasteiger partial charge in [0.15, 0.2) is 29.2 Å². The minimum atomic E-state index is -1.67. The van der Waals surface area contributed by atoms with Gasteiger partial charge in [0.2, 0.25) is 21.1 Å². The van der Waals surface area contributed by atoms with Crippen LogP contribution in [0.2, 0.25) is 0 Å². The molecular formula is C79H73Cl3F6IN26O19S-. The fourth-order valence-corrected chi connectivity index (χ4v) is 9.73. The Kier molecular flexibility index (Phi) is 49.0. The summed E-state index contributed by atoms with van der Waals surface area (Å²) in [6.45, 7) is -0.458. The number of nitro groups is 5. The summed E-state index contributed by atoms with van der Waals surface area (Å²) in [7, 11) is 7.36. The molecule has 19 N–H and O–H groups in total. The lowest BCUT2D eigenvalue weighted by molar-refractivity contribution is -0.385. The number of ketones is 1. The number of guanidine groups is 2. The number of halogens is 10. The SMILES string of the molecule is C.C.C.NC(=O)O.NC(N)=NCC(=O)c1cc([N+](=O)[O-])ccc1F.NN=C(N)N.Nc1ccc(F)c(-c2nc3ncc(-c4ccccc4)cn3n2)c1.Nc1n[nH]c(-c2cc([N+](=O)[O-])ccc2F)n1.O=C(Cl)c1cc([N+](=O)[O-])ccc1F.O=C(O)c1cc([N+](=O)[O-])ccc1F.O=CC(C=O)c1ccccc1.O=S(Cl)Cl.O=[N+]([O-])c1ccc(F)c(-c2nc3ncc(-c4ccccc4)cn3n2)c1.[I-]. The number of hydrogen-bond acceptors (Lipinski definition) is 30. The number of benzene rings is 9. The first kappa shape index (κ1) is 116. The van der Waals surface area contributed by atoms with Crippen LogP contribution in [0.5, 0.6) is 0 Å². The van der Waals surface area contributed by atoms with E-state index in [0.717, 1.165) is 113 Å². The number of hydrazone groups is 1. The van der Waals surface area contributed by atoms with Crippen molar-refractivity contribution in [2.45, 2.75) is 28.2 Å². The number of carboxylic acid groups (broad SMARTS) is 2. The minimum Gasteiger partial charge on any atom is -1.00 e. The lowest BCUT2D eigenvalue weighted by atomic mass is 10.0. The highest BCUT2D eigenvalue weighted by Crippen LogP contribution is 2.30. The van der Waals surface area contributed by atoms with E-state index in [1.807, 2.05) is 72.9 Å². The van der Waals surface area contributed by atoms with Crippen molar-refractivity contribution in [1.82, 2.24) is 54.3 Å². The highest BCUT2D eigenvalue weighted by Gasteiger charge is 2.22. The summed E-state index contributed by atoms with van der Waals surface area (Å²) in [5.41, 5.74) is 36.2. The Hall–Kier alpha value is -17.1. The second-order valence-corrected chi connectivity index (χ2v) is 27.1. The molecule has 0 saturated heterocycles. The molecule has 5 heterocycles. The maximum absolute atomic E-state index is 14.1. The van der Waals surface area contributed by atoms with Gasteiger partial charge in [-0.3, -0.25) is 65.3 Å². The fraction of sp³-hybridized carbons (Fsp3) is 0.0633. The first-order valence-corrected chi connectivity index (χ1v) is 38.1. The van der Waals surface area contributed by atoms with Crippen LogP contribution >= 0.6 is 33.0 Å². The Morgan fingerprint density at radius 1 is 0.489 bits per heavy atom. The highest BCUT2D eigenvalue weighted by molar-refractivity contribution is 8.26. The number of H-pyrrole nitrogens is 1. The van der Waals surface area contributed by atoms with Crippen LogP contribution in [-0.4, -0.2) is 148 Å². The average Bonchev–Trinajstić information content (AvgIpc) is 1.66. The van der Waals surface area contributed by atoms with Crippen molar-refractivity contribution in [2.75, 3.05) is 18.0 Å². The number of carbonyl (C=O) groups excluding carboxylic acids is 4. The van der Waals surface area contributed by atoms with Gasteiger partial charge in [0.1, 0.15) is 59.6 Å². The van der Waals surface area contributed by atoms with Gasteiger partial charge in [0.05, 0.1) is 58.4 Å². The van der Waals surface area contributed by atoms with Crippen LogP contribution < -0.4 is 70.0 Å². The second-order valence-electron chi connectivity index (χ2n) is 24.2. The van der Waals surface area contributed by atoms with Crippen LogP contribution in [0.1, 0.15) is 64.8 Å². The highest BCUT2D eigenvalue weighted by atomic mass is 127. The first-order valence-electron chi connectivity index (χ1n) is 35.0. The lowest BCUT2D eigenvalue weighted by Gasteiger charge is -2.00. The molecule has 0 fully saturated rings. The molecule has 0 atom stereocenters. The summed E-state index contributed by atoms with van der Waals surface area (Å²) >= 11 is 4.98. The Morgan fingerprint density at radius 3 is 1.18 bits per heavy atom. The quantitative estimate of drug-likeness (QED) is 0.00309. The Morgan fingerprint density at radius 2 is 0.822 bits per heavy atom. The van der Waals surface area contributed by atoms with E-state index in [0.29, 0.717) is 30.1 Å². The number of Topliss-reactive ketones (excluding diaryl/α,β-unsaturated/α-hetero) is 1. The van der Waals surface area contributed by atoms with Gasteiger partial charge < -0.3 is 89.8 Å². The monoisotopic (exact) mass is 2070 g/mol. The molecule has 0 aliphatic heterocycles. The number of primary amides is 1. The van der Waals surface area contributed by atoms with Crippen LogP contribution in [0.4, 0.5) is 71.2 Å². The molecule has 0 spiro atoms. The molecule has 5 aromatic heterocycles. The number of nitrogen functional groups attached to an aromatic ring is 2. The van der Waals surface area contributed by atoms with Crippen molar-refractivity contribution in [3.05, 3.63) is 333 Å². The summed E-state index contributed by atoms with van der Waals surface area (Å²) in [6, 6.07) is 46.6. The van der Waals surface area contributed by atoms with E-state index in [1.54, 1.807) is 47.4 Å². The van der Waals surface area contributed by atoms with E-state index in [1.165, 1.54) is 22.7 Å². The molecule has 56 heteroatoms. The second kappa shape index (κ2) is 57.1. The fourth-order valence-electron chi connectivity index (χ4n) is 9.59. The van der Waals surface area contributed by atoms with Gasteiger partial charge in [0.25, 0.3) is 45.2 Å². The smallest absolute Gasteiger partial charge is 0.402 e. The number of anilines is 2. The van der Waals surface area contributed by atoms with Gasteiger partial charge >= 0.3 is 12.1 Å². The zero-order chi connectivity index (χ0) is 97.5. The standard InChI is InChI=1S/C17H10FN5O2.C17H12FN5.C9H9FN4O3.C9H8O2.C8H6FN5O2.C7H3ClFNO3.C7H4FNO4.CH6N4.CH3NO2.3CH4.Cl2OS.HI/c18-15-7-6-13(23(24)25)8-14(15)16-20-17-19-9-12(10-22(17)21-16)11-4-2-1-3-5-11;18-15-7-6-13(19)8-14(15)16-21-17-20-9-12(10-23(17)22-16)11-4-2-1-3-5-11;10-7-2-1-5(14(16)17)3-6(7)8(15)4-13-9(11)12;10-6-9(7-11)8-4-2-1-3-5-8;9-6-2-1-4(14(15)16)3-5(6)7-11-8(10)13-12-7;8-7(11)5-3-4(10(12)13)1-2-6(5)9;8-6-2-1-4(9(12)13)3-5(6)7(10)11;2-1(3)5-4;2-1(3)4;;;;1-4(2)3;/h1-10H;1-10H,19H2;1-3H,4H2,(H4,11,12,13);1-7,9H;1-3H,(H3,10,11,12,13);1-3H;1-3H,(H,10,11);4H2,(H4,2,3,5);2H2,(H,3,4);3*1H4;;1H/p-1. The first-order chi connectivity index (χ1) is 62.0. The predicted octanol–water partition coefficient (Wildman–Crippen LogP) is 10.4. The number of aldehydes is 2. The molecule has 0 radical (unpaired) electrons. The molecule has 14 aromatic rings. The zero-order valence-corrected chi connectivity index (χ0v) is 71.3. The summed E-state index contributed by atoms with van der Waals surface area (Å²) < 4.78 is 92.1. The van der Waals surface area contributed by atoms with Crippen LogP contribution in [-0.2, 0) is 18.8 Å². The number of fused-ring (bicyclic) bond motifs is 2. The maximum atomic E-state index is 14.1. The van der Waals surface area contributed by atoms with E-state index < -0.39 is 127 Å². The zero-order valence-electron chi connectivity index (χ0n) is 66.0. The van der Waals surface area contributed by atoms with Gasteiger partial charge in [-0.25, -0.2) is 64.1 Å². The van der Waals surface area contributed by atoms with Crippen LogP contribution in [0.15, 0.2) is 235 Å². The van der Waals surface area contributed by atoms with Crippen molar-refractivity contribution in [2.24, 2.45) is 44.6 Å². The molecular weight excluding hydrogens is 2000 g/mol. The number of aromatic nitrogens is 11. The number of nitrogens with two attached hydrogens (primary N) is 8. The van der Waals surface area contributed by atoms with Gasteiger partial charge in [-0.05, 0) is 76.8 Å². The van der Waals surface area contributed by atoms with Crippen molar-refractivity contribution in [1.29, 1.82) is 0 Å². The number of nitrogens with one attached hydrogen (secondary N) is 1. The molecule has 0 saturated carbocycles. The third-order valence-electron chi connectivity index (χ3n) is 15.4. The van der Waals surface area contributed by atoms with Crippen LogP contribution in [0.25, 0.3) is 68.0 Å². The number of carboxylic acids is 1. The van der Waals surface area contributed by atoms with E-state index in [4.69, 9.17) is 65.2 Å². The van der Waals surface area contributed by atoms with Crippen molar-refractivity contribution < 1.29 is 118 Å². The normalized spacial score (nSPS) is 9.65. The topological polar surface area (TPSA) is 736 Å². The number of nitro benzene ring substituents is 5. The molecule has 1 amide bonds. The number of aromatic carboxylic acids is 1. The van der Waals surface area contributed by atoms with Crippen LogP contribution in [0, 0.1) is 85.5 Å². The largest absolute Gasteiger partial charge is 1.00 e. The van der Waals surface area contributed by atoms with Gasteiger partial charge in [-0.2, -0.15) is 15.0 Å². The number of aliphatic imine (C=N–C) groups is 1. The van der Waals surface area contributed by atoms with Gasteiger partial charge in [-0.15, -0.1) is 20.4 Å². The summed E-state index contributed by atoms with van der Waals surface area (Å²) in [6.07, 6.45) is 6.86. The van der Waals surface area contributed by atoms with Crippen molar-refractivity contribution in [3.8, 4) is 56.4 Å². The molecule has 0 bridgehead atoms. The molecule has 0 unspecified atom stereocenters. The van der Waals surface area contributed by atoms with Gasteiger partial charge in [-0.1, -0.05) is 113 Å². The van der Waals surface area contributed by atoms with E-state index in [9.17, 15) is 101 Å². The average molecular weight is 2070 g/mol. The number of rotatable bonds is 18. The molecule has 14 rings (SSSR count). The Balaban J connectivity index is 0.000000778. The third kappa shape index (κ3) is 37.5. The number of carbonyl (C=O) groups is 6. The summed E-state index contributed by atoms with van der Waals surface area (Å²) in [5.74, 6) is -2.19. The minimum absolute atomic E-state index is 0. The molecule has 0 aliphatic carbocycles. The summed E-state index contributed by atoms with van der Waals surface area (Å²) in [4.78, 5) is 135. The van der Waals surface area contributed by atoms with Gasteiger partial charge in [0, 0.05) is 124 Å². The summed E-state index contributed by atoms with van der Waals surface area (Å²) in [5, 5.41) is 84.1. The van der Waals surface area contributed by atoms with E-state index >= 15 is 0 Å². The predicted molar refractivity (Wildman–Crippen MR) is 482 cm³/mol. The van der Waals surface area contributed by atoms with E-state index in [-0.39, 0.29) is 127 Å². The molecule has 710 valence electrons. The molecule has 45 nitrogen and oxygen atoms in total. The third-order valence-corrected chi connectivity index (χ3v) is 15.6. The van der Waals surface area contributed by atoms with Crippen molar-refractivity contribution in [3.63, 3.8) is 0 Å². The van der Waals surface area contributed by atoms with Crippen molar-refractivity contribution >= 4 is 141 Å². The molecule has 0 aliphatic rings. The number of nitrogens with zero attached hydrogens (tertiary/aromatic N) is 17. The Labute approximate surface area is 789 Å². The number of amides is 1. The number of non-ortho nitro benzene ring substituents is 5. The number of hydrogen-bond donors (Lipinski definition) is 11. The number of aromatic amines is 1. The maximum Gasteiger partial charge on any atom is 0.402 e. The van der Waals surface area contributed by atoms with E-state index in [2.05, 4.69) is 88.3 Å². The Bertz CT molecular complexity index is 6470. The molecule has 135 heavy (non-hydrogen) atoms. The molecule has 9 aromatic carbocycles. The van der Waals surface area contributed by atoms with Crippen LogP contribution in [0.3, 0.4) is 0 Å².